The molecule has 0 saturated heterocycles. The van der Waals surface area contributed by atoms with Gasteiger partial charge in [-0.3, -0.25) is 0 Å². The molecule has 2 aromatic rings. The van der Waals surface area contributed by atoms with Gasteiger partial charge in [0.2, 0.25) is 0 Å². The molecule has 1 aromatic heterocycles. The monoisotopic (exact) mass is 428 g/mol. The van der Waals surface area contributed by atoms with Gasteiger partial charge in [0.15, 0.2) is 11.7 Å². The van der Waals surface area contributed by atoms with Crippen LogP contribution in [0, 0.1) is 0 Å². The Morgan fingerprint density at radius 3 is 2.57 bits per heavy atom. The molecule has 5 nitrogen and oxygen atoms in total. The van der Waals surface area contributed by atoms with Gasteiger partial charge in [-0.2, -0.15) is 0 Å². The van der Waals surface area contributed by atoms with Crippen LogP contribution in [0.15, 0.2) is 39.8 Å². The molecule has 126 valence electrons. The minimum absolute atomic E-state index is 0. The number of aliphatic imine (C=N–C) groups is 1. The van der Waals surface area contributed by atoms with Crippen LogP contribution in [0.5, 0.6) is 0 Å². The van der Waals surface area contributed by atoms with Crippen LogP contribution >= 0.6 is 24.0 Å². The van der Waals surface area contributed by atoms with Crippen LogP contribution in [-0.4, -0.2) is 11.1 Å². The van der Waals surface area contributed by atoms with Crippen molar-refractivity contribution in [1.29, 1.82) is 0 Å². The summed E-state index contributed by atoms with van der Waals surface area (Å²) in [6.45, 7) is 8.84. The van der Waals surface area contributed by atoms with E-state index in [1.54, 1.807) is 0 Å². The Labute approximate surface area is 154 Å². The first-order valence-electron chi connectivity index (χ1n) is 7.58. The topological polar surface area (TPSA) is 76.4 Å². The van der Waals surface area contributed by atoms with Gasteiger partial charge in [0.1, 0.15) is 6.54 Å². The highest BCUT2D eigenvalue weighted by atomic mass is 127. The Hall–Kier alpha value is -1.57. The summed E-state index contributed by atoms with van der Waals surface area (Å²) in [5.41, 5.74) is 9.05. The fourth-order valence-corrected chi connectivity index (χ4v) is 2.00. The number of benzene rings is 1. The average Bonchev–Trinajstić information content (AvgIpc) is 2.94. The Bertz CT molecular complexity index is 650. The normalized spacial score (nSPS) is 11.7. The number of hydrogen-bond acceptors (Lipinski definition) is 3. The predicted molar refractivity (Wildman–Crippen MR) is 105 cm³/mol. The highest BCUT2D eigenvalue weighted by Crippen LogP contribution is 2.18. The van der Waals surface area contributed by atoms with E-state index in [1.807, 2.05) is 18.2 Å². The molecule has 0 unspecified atom stereocenters. The van der Waals surface area contributed by atoms with Gasteiger partial charge in [-0.05, 0) is 29.5 Å². The van der Waals surface area contributed by atoms with Gasteiger partial charge in [0, 0.05) is 11.8 Å². The molecule has 0 radical (unpaired) electrons. The summed E-state index contributed by atoms with van der Waals surface area (Å²) < 4.78 is 5.24. The van der Waals surface area contributed by atoms with Crippen molar-refractivity contribution in [1.82, 2.24) is 5.16 Å². The second kappa shape index (κ2) is 8.90. The van der Waals surface area contributed by atoms with E-state index in [2.05, 4.69) is 55.3 Å². The van der Waals surface area contributed by atoms with Gasteiger partial charge >= 0.3 is 0 Å². The second-order valence-electron chi connectivity index (χ2n) is 5.98. The molecule has 0 aliphatic heterocycles. The van der Waals surface area contributed by atoms with E-state index >= 15 is 0 Å². The third kappa shape index (κ3) is 5.85. The highest BCUT2D eigenvalue weighted by Gasteiger charge is 2.07. The van der Waals surface area contributed by atoms with Crippen molar-refractivity contribution in [2.24, 2.45) is 10.7 Å². The van der Waals surface area contributed by atoms with Crippen LogP contribution in [0.3, 0.4) is 0 Å². The number of nitrogens with one attached hydrogen (secondary N) is 1. The predicted octanol–water partition coefficient (Wildman–Crippen LogP) is 4.47. The fourth-order valence-electron chi connectivity index (χ4n) is 2.00. The summed E-state index contributed by atoms with van der Waals surface area (Å²) in [6, 6.07) is 10.1. The van der Waals surface area contributed by atoms with Crippen molar-refractivity contribution < 1.29 is 4.52 Å². The van der Waals surface area contributed by atoms with Gasteiger partial charge in [0.25, 0.3) is 0 Å². The lowest BCUT2D eigenvalue weighted by atomic mass is 10.0. The summed E-state index contributed by atoms with van der Waals surface area (Å²) in [5, 5.41) is 7.11. The number of halogens is 1. The van der Waals surface area contributed by atoms with Crippen LogP contribution in [-0.2, 0) is 6.54 Å². The summed E-state index contributed by atoms with van der Waals surface area (Å²) in [4.78, 5) is 4.29. The molecular formula is C17H25IN4O. The highest BCUT2D eigenvalue weighted by molar-refractivity contribution is 14.0. The molecular weight excluding hydrogens is 403 g/mol. The maximum Gasteiger partial charge on any atom is 0.193 e. The van der Waals surface area contributed by atoms with E-state index in [4.69, 9.17) is 10.3 Å². The zero-order valence-electron chi connectivity index (χ0n) is 14.0. The van der Waals surface area contributed by atoms with Gasteiger partial charge in [-0.1, -0.05) is 45.0 Å². The number of aromatic nitrogens is 1. The van der Waals surface area contributed by atoms with E-state index in [9.17, 15) is 0 Å². The van der Waals surface area contributed by atoms with Crippen molar-refractivity contribution in [3.63, 3.8) is 0 Å². The lowest BCUT2D eigenvalue weighted by Gasteiger charge is -2.09. The summed E-state index contributed by atoms with van der Waals surface area (Å²) in [7, 11) is 0. The number of guanidine groups is 1. The summed E-state index contributed by atoms with van der Waals surface area (Å²) in [6.07, 6.45) is 0. The maximum atomic E-state index is 5.92. The Morgan fingerprint density at radius 1 is 1.22 bits per heavy atom. The number of anilines is 1. The molecule has 23 heavy (non-hydrogen) atoms. The first-order chi connectivity index (χ1) is 10.5. The molecule has 3 N–H and O–H groups in total. The van der Waals surface area contributed by atoms with Crippen molar-refractivity contribution in [3.05, 3.63) is 47.3 Å². The maximum absolute atomic E-state index is 5.92. The molecule has 0 aliphatic carbocycles. The summed E-state index contributed by atoms with van der Waals surface area (Å²) >= 11 is 0. The smallest absolute Gasteiger partial charge is 0.193 e. The van der Waals surface area contributed by atoms with E-state index in [0.717, 1.165) is 11.4 Å². The molecule has 0 atom stereocenters. The quantitative estimate of drug-likeness (QED) is 0.419. The first kappa shape index (κ1) is 19.5. The third-order valence-corrected chi connectivity index (χ3v) is 3.40. The third-order valence-electron chi connectivity index (χ3n) is 3.40. The van der Waals surface area contributed by atoms with E-state index in [1.165, 1.54) is 5.56 Å². The Kier molecular flexibility index (Phi) is 7.54. The SMILES string of the molecule is CC(C)c1cccc(NC(N)=NCc2cc(C(C)C)no2)c1.I. The van der Waals surface area contributed by atoms with E-state index < -0.39 is 0 Å². The Morgan fingerprint density at radius 2 is 1.96 bits per heavy atom. The molecule has 1 aromatic carbocycles. The van der Waals surface area contributed by atoms with Crippen LogP contribution in [0.25, 0.3) is 0 Å². The molecule has 1 heterocycles. The molecule has 0 amide bonds. The first-order valence-corrected chi connectivity index (χ1v) is 7.58. The Balaban J connectivity index is 0.00000264. The zero-order chi connectivity index (χ0) is 16.1. The number of nitrogens with zero attached hydrogens (tertiary/aromatic N) is 2. The number of hydrogen-bond donors (Lipinski definition) is 2. The molecule has 0 fully saturated rings. The number of rotatable bonds is 5. The molecule has 0 bridgehead atoms. The van der Waals surface area contributed by atoms with E-state index in [-0.39, 0.29) is 24.0 Å². The fraction of sp³-hybridized carbons (Fsp3) is 0.412. The van der Waals surface area contributed by atoms with Gasteiger partial charge in [0.05, 0.1) is 5.69 Å². The van der Waals surface area contributed by atoms with Crippen LogP contribution in [0.1, 0.15) is 56.5 Å². The van der Waals surface area contributed by atoms with Crippen molar-refractivity contribution >= 4 is 35.6 Å². The average molecular weight is 428 g/mol. The summed E-state index contributed by atoms with van der Waals surface area (Å²) in [5.74, 6) is 1.90. The largest absolute Gasteiger partial charge is 0.370 e. The molecule has 0 aliphatic rings. The van der Waals surface area contributed by atoms with Crippen LogP contribution in [0.4, 0.5) is 5.69 Å². The molecule has 0 saturated carbocycles. The second-order valence-corrected chi connectivity index (χ2v) is 5.98. The van der Waals surface area contributed by atoms with Crippen LogP contribution < -0.4 is 11.1 Å². The van der Waals surface area contributed by atoms with Crippen molar-refractivity contribution in [2.45, 2.75) is 46.1 Å². The van der Waals surface area contributed by atoms with E-state index in [0.29, 0.717) is 30.1 Å². The minimum atomic E-state index is 0. The minimum Gasteiger partial charge on any atom is -0.370 e. The number of nitrogens with two attached hydrogens (primary N) is 1. The lowest BCUT2D eigenvalue weighted by Crippen LogP contribution is -2.22. The molecule has 6 heteroatoms. The molecule has 2 rings (SSSR count). The van der Waals surface area contributed by atoms with Gasteiger partial charge in [-0.25, -0.2) is 4.99 Å². The van der Waals surface area contributed by atoms with Crippen molar-refractivity contribution in [3.8, 4) is 0 Å². The zero-order valence-corrected chi connectivity index (χ0v) is 16.4. The lowest BCUT2D eigenvalue weighted by molar-refractivity contribution is 0.376. The standard InChI is InChI=1S/C17H24N4O.HI/c1-11(2)13-6-5-7-14(8-13)20-17(18)19-10-15-9-16(12(3)4)21-22-15;/h5-9,11-12H,10H2,1-4H3,(H3,18,19,20);1H. The van der Waals surface area contributed by atoms with Gasteiger partial charge in [-0.15, -0.1) is 24.0 Å². The van der Waals surface area contributed by atoms with Gasteiger partial charge < -0.3 is 15.6 Å². The molecule has 0 spiro atoms. The van der Waals surface area contributed by atoms with Crippen LogP contribution in [0.2, 0.25) is 0 Å². The van der Waals surface area contributed by atoms with Crippen molar-refractivity contribution in [2.75, 3.05) is 5.32 Å².